The second-order valence-corrected chi connectivity index (χ2v) is 17.2. The van der Waals surface area contributed by atoms with Gasteiger partial charge in [-0.25, -0.2) is 0 Å². The Morgan fingerprint density at radius 1 is 0.635 bits per heavy atom. The molecule has 52 heavy (non-hydrogen) atoms. The molecule has 0 bridgehead atoms. The van der Waals surface area contributed by atoms with E-state index in [1.165, 1.54) is 28.5 Å². The molecule has 2 nitrogen and oxygen atoms in total. The van der Waals surface area contributed by atoms with Crippen LogP contribution in [0.2, 0.25) is 0 Å². The first-order valence-corrected chi connectivity index (χ1v) is 18.4. The second-order valence-electron chi connectivity index (χ2n) is 17.2. The number of hydrogen-bond donors (Lipinski definition) is 0. The second kappa shape index (κ2) is 11.8. The summed E-state index contributed by atoms with van der Waals surface area (Å²) < 4.78 is 50.1. The Morgan fingerprint density at radius 2 is 1.29 bits per heavy atom. The number of rotatable bonds is 4. The average molecular weight is 687 g/mol. The highest BCUT2D eigenvalue weighted by atomic mass is 16.3. The smallest absolute Gasteiger partial charge is 0.144 e. The van der Waals surface area contributed by atoms with E-state index in [0.717, 1.165) is 38.6 Å². The number of fused-ring (bicyclic) bond motifs is 6. The zero-order valence-corrected chi connectivity index (χ0v) is 31.8. The summed E-state index contributed by atoms with van der Waals surface area (Å²) >= 11 is 0. The Kier molecular flexibility index (Phi) is 6.49. The van der Waals surface area contributed by atoms with Crippen LogP contribution in [0.15, 0.2) is 120 Å². The van der Waals surface area contributed by atoms with Crippen LogP contribution in [0.5, 0.6) is 0 Å². The quantitative estimate of drug-likeness (QED) is 0.184. The SMILES string of the molecule is [2H]C([2H])([2H])c1cnc(-c2cccc3c2oc2c(-c4ccc5c(c4)C(C)(C)C(C)(C)C(C)(C)c4ccccc4-5)c(-c4ccccc4)ccc23)cc1C([2H])([2H])C(C)(C)C. The van der Waals surface area contributed by atoms with Crippen LogP contribution in [0.4, 0.5) is 0 Å². The fraction of sp³-hybridized carbons (Fsp3) is 0.300. The molecule has 7 aromatic rings. The third-order valence-electron chi connectivity index (χ3n) is 12.4. The molecule has 0 amide bonds. The maximum Gasteiger partial charge on any atom is 0.144 e. The first kappa shape index (κ1) is 28.6. The van der Waals surface area contributed by atoms with Crippen LogP contribution in [-0.2, 0) is 17.2 Å². The van der Waals surface area contributed by atoms with Crippen molar-refractivity contribution >= 4 is 21.9 Å². The van der Waals surface area contributed by atoms with Crippen molar-refractivity contribution in [1.29, 1.82) is 0 Å². The van der Waals surface area contributed by atoms with E-state index in [1.807, 2.05) is 24.3 Å². The van der Waals surface area contributed by atoms with Crippen LogP contribution < -0.4 is 0 Å². The van der Waals surface area contributed by atoms with Crippen molar-refractivity contribution in [3.8, 4) is 44.6 Å². The Labute approximate surface area is 317 Å². The largest absolute Gasteiger partial charge is 0.455 e. The van der Waals surface area contributed by atoms with E-state index in [9.17, 15) is 0 Å². The van der Waals surface area contributed by atoms with E-state index in [2.05, 4.69) is 125 Å². The van der Waals surface area contributed by atoms with Gasteiger partial charge in [-0.15, -0.1) is 0 Å². The normalized spacial score (nSPS) is 18.0. The summed E-state index contributed by atoms with van der Waals surface area (Å²) in [6, 6.07) is 38.1. The minimum Gasteiger partial charge on any atom is -0.455 e. The first-order valence-electron chi connectivity index (χ1n) is 20.9. The lowest BCUT2D eigenvalue weighted by atomic mass is 9.52. The molecule has 0 saturated carbocycles. The molecule has 0 saturated heterocycles. The van der Waals surface area contributed by atoms with Gasteiger partial charge in [0.15, 0.2) is 0 Å². The van der Waals surface area contributed by atoms with Gasteiger partial charge in [0.1, 0.15) is 11.2 Å². The van der Waals surface area contributed by atoms with Gasteiger partial charge < -0.3 is 4.42 Å². The molecular formula is C50H51NO. The van der Waals surface area contributed by atoms with Crippen molar-refractivity contribution in [2.45, 2.75) is 86.4 Å². The molecule has 0 radical (unpaired) electrons. The van der Waals surface area contributed by atoms with E-state index in [4.69, 9.17) is 11.3 Å². The number of para-hydroxylation sites is 1. The minimum atomic E-state index is -2.54. The highest BCUT2D eigenvalue weighted by Crippen LogP contribution is 2.60. The van der Waals surface area contributed by atoms with Crippen LogP contribution >= 0.6 is 0 Å². The van der Waals surface area contributed by atoms with E-state index in [0.29, 0.717) is 16.8 Å². The molecule has 0 atom stereocenters. The summed E-state index contributed by atoms with van der Waals surface area (Å²) in [7, 11) is 0. The van der Waals surface area contributed by atoms with E-state index < -0.39 is 18.6 Å². The van der Waals surface area contributed by atoms with Crippen LogP contribution in [0.1, 0.15) is 91.4 Å². The number of aromatic nitrogens is 1. The van der Waals surface area contributed by atoms with Crippen molar-refractivity contribution in [2.75, 3.05) is 0 Å². The van der Waals surface area contributed by atoms with Crippen LogP contribution in [0, 0.1) is 17.7 Å². The molecule has 8 rings (SSSR count). The molecule has 262 valence electrons. The maximum atomic E-state index is 9.14. The zero-order chi connectivity index (χ0) is 41.1. The van der Waals surface area contributed by atoms with Crippen LogP contribution in [-0.4, -0.2) is 4.98 Å². The first-order chi connectivity index (χ1) is 26.6. The number of aryl methyl sites for hydroxylation is 1. The predicted molar refractivity (Wildman–Crippen MR) is 221 cm³/mol. The highest BCUT2D eigenvalue weighted by Gasteiger charge is 2.52. The van der Waals surface area contributed by atoms with Gasteiger partial charge in [-0.05, 0) is 109 Å². The Balaban J connectivity index is 1.42. The molecule has 0 unspecified atom stereocenters. The van der Waals surface area contributed by atoms with Gasteiger partial charge in [-0.3, -0.25) is 4.98 Å². The molecule has 2 heteroatoms. The van der Waals surface area contributed by atoms with Crippen LogP contribution in [0.25, 0.3) is 66.6 Å². The number of furan rings is 1. The van der Waals surface area contributed by atoms with Gasteiger partial charge in [-0.1, -0.05) is 147 Å². The summed E-state index contributed by atoms with van der Waals surface area (Å²) in [6.45, 7) is 17.2. The number of benzene rings is 5. The maximum absolute atomic E-state index is 9.14. The summed E-state index contributed by atoms with van der Waals surface area (Å²) in [4.78, 5) is 4.67. The third-order valence-corrected chi connectivity index (χ3v) is 12.4. The van der Waals surface area contributed by atoms with Crippen molar-refractivity contribution < 1.29 is 11.3 Å². The summed E-state index contributed by atoms with van der Waals surface area (Å²) in [5, 5.41) is 1.85. The molecular weight excluding hydrogens is 631 g/mol. The van der Waals surface area contributed by atoms with Crippen molar-refractivity contribution in [3.05, 3.63) is 138 Å². The Morgan fingerprint density at radius 3 is 2.04 bits per heavy atom. The predicted octanol–water partition coefficient (Wildman–Crippen LogP) is 14.1. The number of pyridine rings is 1. The van der Waals surface area contributed by atoms with Crippen molar-refractivity contribution in [2.24, 2.45) is 10.8 Å². The standard InChI is InChI=1S/C50H51NO/c1-31-30-51-43(28-34(31)29-47(2,3)4)40-21-16-20-38-39-26-25-35(32-17-12-11-13-18-32)44(46(39)52-45(38)40)33-23-24-37-36-19-14-15-22-41(36)48(5,6)50(9,10)49(7,8)42(37)27-33/h11-28,30H,29H2,1-10H3/i1D3,29D2. The molecule has 0 N–H and O–H groups in total. The molecule has 2 aromatic heterocycles. The fourth-order valence-corrected chi connectivity index (χ4v) is 8.49. The summed E-state index contributed by atoms with van der Waals surface area (Å²) in [5.41, 5.74) is 10.5. The van der Waals surface area contributed by atoms with Gasteiger partial charge in [0.05, 0.1) is 5.69 Å². The number of hydrogen-bond acceptors (Lipinski definition) is 2. The minimum absolute atomic E-state index is 0.0851. The summed E-state index contributed by atoms with van der Waals surface area (Å²) in [6.07, 6.45) is -0.641. The zero-order valence-electron chi connectivity index (χ0n) is 36.8. The van der Waals surface area contributed by atoms with Gasteiger partial charge in [0.25, 0.3) is 0 Å². The van der Waals surface area contributed by atoms with Gasteiger partial charge >= 0.3 is 0 Å². The average Bonchev–Trinajstić information content (AvgIpc) is 3.54. The third kappa shape index (κ3) is 5.17. The molecule has 1 aliphatic rings. The summed E-state index contributed by atoms with van der Waals surface area (Å²) in [5.74, 6) is 0. The highest BCUT2D eigenvalue weighted by molar-refractivity contribution is 6.15. The van der Waals surface area contributed by atoms with E-state index in [1.54, 1.807) is 26.8 Å². The molecule has 0 aliphatic heterocycles. The molecule has 1 aliphatic carbocycles. The van der Waals surface area contributed by atoms with E-state index >= 15 is 0 Å². The molecule has 2 heterocycles. The molecule has 5 aromatic carbocycles. The molecule has 0 spiro atoms. The topological polar surface area (TPSA) is 26.0 Å². The van der Waals surface area contributed by atoms with Crippen LogP contribution in [0.3, 0.4) is 0 Å². The van der Waals surface area contributed by atoms with Crippen molar-refractivity contribution in [1.82, 2.24) is 4.98 Å². The number of nitrogens with zero attached hydrogens (tertiary/aromatic N) is 1. The lowest BCUT2D eigenvalue weighted by Gasteiger charge is -2.51. The Bertz CT molecular complexity index is 2710. The molecule has 0 fully saturated rings. The van der Waals surface area contributed by atoms with E-state index in [-0.39, 0.29) is 27.4 Å². The lowest BCUT2D eigenvalue weighted by molar-refractivity contribution is 0.0948. The Hall–Kier alpha value is -4.95. The van der Waals surface area contributed by atoms with Gasteiger partial charge in [0, 0.05) is 34.9 Å². The van der Waals surface area contributed by atoms with Gasteiger partial charge in [0.2, 0.25) is 0 Å². The fourth-order valence-electron chi connectivity index (χ4n) is 8.49. The monoisotopic (exact) mass is 686 g/mol. The lowest BCUT2D eigenvalue weighted by Crippen LogP contribution is -2.48. The van der Waals surface area contributed by atoms with Gasteiger partial charge in [-0.2, -0.15) is 0 Å². The van der Waals surface area contributed by atoms with Crippen molar-refractivity contribution in [3.63, 3.8) is 0 Å².